The van der Waals surface area contributed by atoms with Gasteiger partial charge in [0.2, 0.25) is 10.0 Å². The normalized spacial score (nSPS) is 22.8. The maximum Gasteiger partial charge on any atom is 0.244 e. The van der Waals surface area contributed by atoms with E-state index in [1.165, 1.54) is 0 Å². The third-order valence-electron chi connectivity index (χ3n) is 3.11. The van der Waals surface area contributed by atoms with Crippen LogP contribution in [0.25, 0.3) is 0 Å². The Morgan fingerprint density at radius 1 is 1.37 bits per heavy atom. The summed E-state index contributed by atoms with van der Waals surface area (Å²) < 4.78 is 32.6. The molecule has 0 aliphatic heterocycles. The Morgan fingerprint density at radius 3 is 2.68 bits per heavy atom. The molecule has 0 bridgehead atoms. The number of para-hydroxylation sites is 1. The van der Waals surface area contributed by atoms with Crippen molar-refractivity contribution in [2.75, 3.05) is 6.54 Å². The standard InChI is InChI=1S/C13H20N2O3S/c1-2-7-15-19(16,17)13-6-4-3-5-12(13)18-11-8-10(14)9-11/h3-6,10-11,15H,2,7-9,14H2,1H3. The molecule has 6 heteroatoms. The van der Waals surface area contributed by atoms with Crippen LogP contribution in [0.2, 0.25) is 0 Å². The summed E-state index contributed by atoms with van der Waals surface area (Å²) in [6, 6.07) is 6.88. The number of benzene rings is 1. The van der Waals surface area contributed by atoms with Crippen LogP contribution in [0.3, 0.4) is 0 Å². The van der Waals surface area contributed by atoms with Crippen molar-refractivity contribution < 1.29 is 13.2 Å². The van der Waals surface area contributed by atoms with Gasteiger partial charge in [0.25, 0.3) is 0 Å². The number of nitrogens with two attached hydrogens (primary N) is 1. The summed E-state index contributed by atoms with van der Waals surface area (Å²) in [4.78, 5) is 0.198. The van der Waals surface area contributed by atoms with Crippen molar-refractivity contribution in [2.45, 2.75) is 43.2 Å². The fraction of sp³-hybridized carbons (Fsp3) is 0.538. The van der Waals surface area contributed by atoms with E-state index >= 15 is 0 Å². The van der Waals surface area contributed by atoms with E-state index in [1.807, 2.05) is 6.92 Å². The number of nitrogens with one attached hydrogen (secondary N) is 1. The van der Waals surface area contributed by atoms with Crippen LogP contribution in [-0.4, -0.2) is 27.1 Å². The molecule has 19 heavy (non-hydrogen) atoms. The van der Waals surface area contributed by atoms with Crippen molar-refractivity contribution in [1.82, 2.24) is 4.72 Å². The fourth-order valence-electron chi connectivity index (χ4n) is 1.97. The topological polar surface area (TPSA) is 81.4 Å². The van der Waals surface area contributed by atoms with E-state index in [9.17, 15) is 8.42 Å². The molecule has 0 spiro atoms. The molecule has 2 rings (SSSR count). The highest BCUT2D eigenvalue weighted by Gasteiger charge is 2.29. The molecule has 3 N–H and O–H groups in total. The van der Waals surface area contributed by atoms with Crippen LogP contribution >= 0.6 is 0 Å². The van der Waals surface area contributed by atoms with Gasteiger partial charge >= 0.3 is 0 Å². The lowest BCUT2D eigenvalue weighted by atomic mass is 9.90. The molecule has 5 nitrogen and oxygen atoms in total. The SMILES string of the molecule is CCCNS(=O)(=O)c1ccccc1OC1CC(N)C1. The van der Waals surface area contributed by atoms with Crippen LogP contribution in [0.1, 0.15) is 26.2 Å². The summed E-state index contributed by atoms with van der Waals surface area (Å²) in [7, 11) is -3.50. The van der Waals surface area contributed by atoms with E-state index in [0.29, 0.717) is 12.3 Å². The van der Waals surface area contributed by atoms with Gasteiger partial charge in [-0.3, -0.25) is 0 Å². The number of hydrogen-bond donors (Lipinski definition) is 2. The highest BCUT2D eigenvalue weighted by atomic mass is 32.2. The predicted molar refractivity (Wildman–Crippen MR) is 73.5 cm³/mol. The van der Waals surface area contributed by atoms with Crippen molar-refractivity contribution >= 4 is 10.0 Å². The number of ether oxygens (including phenoxy) is 1. The number of sulfonamides is 1. The molecule has 1 fully saturated rings. The van der Waals surface area contributed by atoms with E-state index in [2.05, 4.69) is 4.72 Å². The van der Waals surface area contributed by atoms with Gasteiger partial charge in [-0.05, 0) is 31.4 Å². The zero-order valence-corrected chi connectivity index (χ0v) is 11.8. The lowest BCUT2D eigenvalue weighted by Crippen LogP contribution is -2.43. The quantitative estimate of drug-likeness (QED) is 0.823. The smallest absolute Gasteiger partial charge is 0.244 e. The van der Waals surface area contributed by atoms with E-state index in [-0.39, 0.29) is 17.0 Å². The van der Waals surface area contributed by atoms with Crippen LogP contribution in [0.5, 0.6) is 5.75 Å². The summed E-state index contributed by atoms with van der Waals surface area (Å²) in [6.07, 6.45) is 2.32. The van der Waals surface area contributed by atoms with Crippen LogP contribution in [0.4, 0.5) is 0 Å². The minimum atomic E-state index is -3.50. The molecule has 1 aromatic carbocycles. The maximum absolute atomic E-state index is 12.1. The average molecular weight is 284 g/mol. The van der Waals surface area contributed by atoms with Crippen LogP contribution in [0, 0.1) is 0 Å². The highest BCUT2D eigenvalue weighted by molar-refractivity contribution is 7.89. The maximum atomic E-state index is 12.1. The van der Waals surface area contributed by atoms with Gasteiger partial charge in [0, 0.05) is 12.6 Å². The van der Waals surface area contributed by atoms with Crippen molar-refractivity contribution in [3.8, 4) is 5.75 Å². The Balaban J connectivity index is 2.16. The Labute approximate surface area is 114 Å². The first-order chi connectivity index (χ1) is 9.03. The molecule has 0 radical (unpaired) electrons. The van der Waals surface area contributed by atoms with Gasteiger partial charge in [-0.1, -0.05) is 19.1 Å². The molecule has 1 aliphatic rings. The molecular weight excluding hydrogens is 264 g/mol. The van der Waals surface area contributed by atoms with Gasteiger partial charge in [-0.25, -0.2) is 13.1 Å². The Bertz CT molecular complexity index is 524. The van der Waals surface area contributed by atoms with Crippen LogP contribution in [-0.2, 0) is 10.0 Å². The monoisotopic (exact) mass is 284 g/mol. The fourth-order valence-corrected chi connectivity index (χ4v) is 3.23. The summed E-state index contributed by atoms with van der Waals surface area (Å²) >= 11 is 0. The first-order valence-electron chi connectivity index (χ1n) is 6.54. The van der Waals surface area contributed by atoms with Crippen molar-refractivity contribution in [3.05, 3.63) is 24.3 Å². The van der Waals surface area contributed by atoms with E-state index in [4.69, 9.17) is 10.5 Å². The molecular formula is C13H20N2O3S. The highest BCUT2D eigenvalue weighted by Crippen LogP contribution is 2.29. The summed E-state index contributed by atoms with van der Waals surface area (Å²) in [5.41, 5.74) is 5.70. The second-order valence-electron chi connectivity index (χ2n) is 4.82. The molecule has 0 unspecified atom stereocenters. The first kappa shape index (κ1) is 14.3. The second-order valence-corrected chi connectivity index (χ2v) is 6.55. The van der Waals surface area contributed by atoms with Crippen LogP contribution < -0.4 is 15.2 Å². The van der Waals surface area contributed by atoms with Gasteiger partial charge in [0.15, 0.2) is 0 Å². The van der Waals surface area contributed by atoms with Crippen LogP contribution in [0.15, 0.2) is 29.2 Å². The van der Waals surface area contributed by atoms with E-state index in [1.54, 1.807) is 24.3 Å². The molecule has 1 aromatic rings. The van der Waals surface area contributed by atoms with Crippen molar-refractivity contribution in [1.29, 1.82) is 0 Å². The minimum absolute atomic E-state index is 0.0255. The molecule has 106 valence electrons. The van der Waals surface area contributed by atoms with Gasteiger partial charge in [-0.2, -0.15) is 0 Å². The number of rotatable bonds is 6. The molecule has 0 saturated heterocycles. The third-order valence-corrected chi connectivity index (χ3v) is 4.61. The number of hydrogen-bond acceptors (Lipinski definition) is 4. The molecule has 0 amide bonds. The van der Waals surface area contributed by atoms with Crippen molar-refractivity contribution in [2.24, 2.45) is 5.73 Å². The van der Waals surface area contributed by atoms with E-state index in [0.717, 1.165) is 19.3 Å². The first-order valence-corrected chi connectivity index (χ1v) is 8.02. The van der Waals surface area contributed by atoms with Gasteiger partial charge in [0.05, 0.1) is 0 Å². The van der Waals surface area contributed by atoms with Gasteiger partial charge < -0.3 is 10.5 Å². The zero-order chi connectivity index (χ0) is 13.9. The molecule has 0 heterocycles. The minimum Gasteiger partial charge on any atom is -0.489 e. The predicted octanol–water partition coefficient (Wildman–Crippen LogP) is 1.24. The Hall–Kier alpha value is -1.11. The molecule has 0 atom stereocenters. The molecule has 0 aromatic heterocycles. The second kappa shape index (κ2) is 5.90. The molecule has 1 saturated carbocycles. The summed E-state index contributed by atoms with van der Waals surface area (Å²) in [5.74, 6) is 0.406. The van der Waals surface area contributed by atoms with Crippen molar-refractivity contribution in [3.63, 3.8) is 0 Å². The zero-order valence-electron chi connectivity index (χ0n) is 11.0. The Morgan fingerprint density at radius 2 is 2.05 bits per heavy atom. The lowest BCUT2D eigenvalue weighted by molar-refractivity contribution is 0.0976. The Kier molecular flexibility index (Phi) is 4.44. The molecule has 1 aliphatic carbocycles. The lowest BCUT2D eigenvalue weighted by Gasteiger charge is -2.33. The third kappa shape index (κ3) is 3.46. The average Bonchev–Trinajstić information content (AvgIpc) is 2.35. The summed E-state index contributed by atoms with van der Waals surface area (Å²) in [6.45, 7) is 2.34. The van der Waals surface area contributed by atoms with E-state index < -0.39 is 10.0 Å². The van der Waals surface area contributed by atoms with Gasteiger partial charge in [0.1, 0.15) is 16.7 Å². The van der Waals surface area contributed by atoms with Gasteiger partial charge in [-0.15, -0.1) is 0 Å². The summed E-state index contributed by atoms with van der Waals surface area (Å²) in [5, 5.41) is 0. The largest absolute Gasteiger partial charge is 0.489 e.